The van der Waals surface area contributed by atoms with Crippen LogP contribution in [0.5, 0.6) is 0 Å². The Morgan fingerprint density at radius 1 is 1.50 bits per heavy atom. The monoisotopic (exact) mass is 294 g/mol. The lowest BCUT2D eigenvalue weighted by Crippen LogP contribution is -2.03. The van der Waals surface area contributed by atoms with Crippen LogP contribution < -0.4 is 0 Å². The van der Waals surface area contributed by atoms with Crippen molar-refractivity contribution in [3.8, 4) is 0 Å². The highest BCUT2D eigenvalue weighted by Gasteiger charge is 2.28. The van der Waals surface area contributed by atoms with Crippen molar-refractivity contribution in [2.24, 2.45) is 0 Å². The van der Waals surface area contributed by atoms with Crippen LogP contribution in [0.3, 0.4) is 0 Å². The molecule has 2 aromatic rings. The van der Waals surface area contributed by atoms with Crippen molar-refractivity contribution in [2.75, 3.05) is 0 Å². The number of tetrazole rings is 1. The first-order chi connectivity index (χ1) is 9.65. The lowest BCUT2D eigenvalue weighted by atomic mass is 10.1. The van der Waals surface area contributed by atoms with Crippen molar-refractivity contribution in [1.82, 2.24) is 20.2 Å². The number of carbonyl (C=O) groups is 1. The molecule has 0 radical (unpaired) electrons. The van der Waals surface area contributed by atoms with Gasteiger partial charge in [0.05, 0.1) is 11.6 Å². The first kappa shape index (κ1) is 13.0. The maximum Gasteiger partial charge on any atom is 0.336 e. The number of halogens is 1. The zero-order chi connectivity index (χ0) is 14.1. The Morgan fingerprint density at radius 3 is 3.00 bits per heavy atom. The first-order valence-electron chi connectivity index (χ1n) is 6.07. The van der Waals surface area contributed by atoms with E-state index in [9.17, 15) is 9.18 Å². The Hall–Kier alpha value is -1.96. The summed E-state index contributed by atoms with van der Waals surface area (Å²) in [6, 6.07) is 4.13. The van der Waals surface area contributed by atoms with Crippen LogP contribution in [0.25, 0.3) is 0 Å². The molecule has 0 amide bonds. The van der Waals surface area contributed by atoms with Crippen molar-refractivity contribution in [2.45, 2.75) is 29.8 Å². The molecule has 1 aliphatic carbocycles. The molecule has 8 heteroatoms. The van der Waals surface area contributed by atoms with Crippen molar-refractivity contribution < 1.29 is 14.3 Å². The maximum absolute atomic E-state index is 13.1. The minimum absolute atomic E-state index is 0.0250. The summed E-state index contributed by atoms with van der Waals surface area (Å²) in [5.41, 5.74) is 0.525. The number of hydrogen-bond acceptors (Lipinski definition) is 5. The number of carboxylic acid groups (broad SMARTS) is 1. The highest BCUT2D eigenvalue weighted by molar-refractivity contribution is 7.98. The normalized spacial score (nSPS) is 14.4. The summed E-state index contributed by atoms with van der Waals surface area (Å²) in [5.74, 6) is -1.31. The lowest BCUT2D eigenvalue weighted by Gasteiger charge is -2.06. The van der Waals surface area contributed by atoms with Gasteiger partial charge < -0.3 is 5.11 Å². The molecule has 104 valence electrons. The number of benzene rings is 1. The van der Waals surface area contributed by atoms with E-state index in [2.05, 4.69) is 15.5 Å². The molecule has 0 spiro atoms. The Morgan fingerprint density at radius 2 is 2.30 bits per heavy atom. The van der Waals surface area contributed by atoms with Gasteiger partial charge in [-0.25, -0.2) is 13.9 Å². The van der Waals surface area contributed by atoms with Gasteiger partial charge in [0.15, 0.2) is 0 Å². The molecule has 0 atom stereocenters. The van der Waals surface area contributed by atoms with Gasteiger partial charge in [-0.3, -0.25) is 0 Å². The predicted octanol–water partition coefficient (Wildman–Crippen LogP) is 2.14. The Labute approximate surface area is 118 Å². The molecule has 6 nitrogen and oxygen atoms in total. The second kappa shape index (κ2) is 5.20. The number of aromatic carboxylic acids is 1. The number of rotatable bonds is 5. The third-order valence-electron chi connectivity index (χ3n) is 3.01. The summed E-state index contributed by atoms with van der Waals surface area (Å²) in [5, 5.41) is 21.2. The van der Waals surface area contributed by atoms with E-state index in [0.717, 1.165) is 18.9 Å². The molecule has 0 bridgehead atoms. The van der Waals surface area contributed by atoms with Crippen molar-refractivity contribution >= 4 is 17.7 Å². The molecule has 0 saturated heterocycles. The van der Waals surface area contributed by atoms with E-state index in [-0.39, 0.29) is 5.56 Å². The Balaban J connectivity index is 1.78. The lowest BCUT2D eigenvalue weighted by molar-refractivity contribution is 0.0695. The van der Waals surface area contributed by atoms with Gasteiger partial charge in [0.25, 0.3) is 0 Å². The smallest absolute Gasteiger partial charge is 0.336 e. The van der Waals surface area contributed by atoms with Crippen LogP contribution in [0.1, 0.15) is 34.8 Å². The molecule has 1 aliphatic rings. The SMILES string of the molecule is O=C(O)c1cc(F)ccc1CSc1nnnn1C1CC1. The molecule has 3 rings (SSSR count). The number of hydrogen-bond donors (Lipinski definition) is 1. The average molecular weight is 294 g/mol. The maximum atomic E-state index is 13.1. The van der Waals surface area contributed by atoms with E-state index in [1.54, 1.807) is 4.68 Å². The molecular weight excluding hydrogens is 283 g/mol. The molecule has 1 aromatic heterocycles. The fraction of sp³-hybridized carbons (Fsp3) is 0.333. The summed E-state index contributed by atoms with van der Waals surface area (Å²) in [6.07, 6.45) is 2.13. The van der Waals surface area contributed by atoms with Gasteiger partial charge in [0.2, 0.25) is 5.16 Å². The summed E-state index contributed by atoms with van der Waals surface area (Å²) >= 11 is 1.35. The molecule has 0 aliphatic heterocycles. The van der Waals surface area contributed by atoms with Crippen LogP contribution in [0.15, 0.2) is 23.4 Å². The fourth-order valence-corrected chi connectivity index (χ4v) is 2.79. The van der Waals surface area contributed by atoms with Gasteiger partial charge in [-0.1, -0.05) is 17.8 Å². The summed E-state index contributed by atoms with van der Waals surface area (Å²) in [6.45, 7) is 0. The molecule has 1 N–H and O–H groups in total. The first-order valence-corrected chi connectivity index (χ1v) is 7.06. The minimum Gasteiger partial charge on any atom is -0.478 e. The minimum atomic E-state index is -1.14. The number of aromatic nitrogens is 4. The zero-order valence-electron chi connectivity index (χ0n) is 10.4. The largest absolute Gasteiger partial charge is 0.478 e. The van der Waals surface area contributed by atoms with E-state index >= 15 is 0 Å². The van der Waals surface area contributed by atoms with Gasteiger partial charge >= 0.3 is 5.97 Å². The Bertz CT molecular complexity index is 657. The molecule has 20 heavy (non-hydrogen) atoms. The van der Waals surface area contributed by atoms with E-state index in [4.69, 9.17) is 5.11 Å². The van der Waals surface area contributed by atoms with Gasteiger partial charge in [-0.05, 0) is 41.0 Å². The third kappa shape index (κ3) is 2.64. The number of thioether (sulfide) groups is 1. The third-order valence-corrected chi connectivity index (χ3v) is 4.00. The fourth-order valence-electron chi connectivity index (χ4n) is 1.84. The van der Waals surface area contributed by atoms with Gasteiger partial charge in [-0.15, -0.1) is 5.10 Å². The second-order valence-corrected chi connectivity index (χ2v) is 5.47. The van der Waals surface area contributed by atoms with E-state index in [1.807, 2.05) is 0 Å². The van der Waals surface area contributed by atoms with E-state index in [1.165, 1.54) is 23.9 Å². The summed E-state index contributed by atoms with van der Waals surface area (Å²) < 4.78 is 14.9. The highest BCUT2D eigenvalue weighted by Crippen LogP contribution is 2.37. The molecule has 0 unspecified atom stereocenters. The average Bonchev–Trinajstić information content (AvgIpc) is 3.16. The van der Waals surface area contributed by atoms with Crippen LogP contribution in [0.4, 0.5) is 4.39 Å². The van der Waals surface area contributed by atoms with Crippen molar-refractivity contribution in [1.29, 1.82) is 0 Å². The van der Waals surface area contributed by atoms with Crippen LogP contribution in [-0.4, -0.2) is 31.3 Å². The van der Waals surface area contributed by atoms with Crippen molar-refractivity contribution in [3.05, 3.63) is 35.1 Å². The zero-order valence-corrected chi connectivity index (χ0v) is 11.2. The molecular formula is C12H11FN4O2S. The van der Waals surface area contributed by atoms with Gasteiger partial charge in [0.1, 0.15) is 5.82 Å². The van der Waals surface area contributed by atoms with E-state index < -0.39 is 11.8 Å². The second-order valence-electron chi connectivity index (χ2n) is 4.53. The number of nitrogens with zero attached hydrogens (tertiary/aromatic N) is 4. The molecule has 1 aromatic carbocycles. The Kier molecular flexibility index (Phi) is 3.39. The molecule has 1 fully saturated rings. The molecule has 1 saturated carbocycles. The van der Waals surface area contributed by atoms with Crippen molar-refractivity contribution in [3.63, 3.8) is 0 Å². The highest BCUT2D eigenvalue weighted by atomic mass is 32.2. The van der Waals surface area contributed by atoms with Crippen LogP contribution in [0, 0.1) is 5.82 Å². The van der Waals surface area contributed by atoms with Gasteiger partial charge in [-0.2, -0.15) is 0 Å². The summed E-state index contributed by atoms with van der Waals surface area (Å²) in [4.78, 5) is 11.1. The summed E-state index contributed by atoms with van der Waals surface area (Å²) in [7, 11) is 0. The number of carboxylic acids is 1. The quantitative estimate of drug-likeness (QED) is 0.851. The topological polar surface area (TPSA) is 80.9 Å². The van der Waals surface area contributed by atoms with E-state index in [0.29, 0.717) is 22.5 Å². The van der Waals surface area contributed by atoms with Gasteiger partial charge in [0, 0.05) is 5.75 Å². The standard InChI is InChI=1S/C12H11FN4O2S/c13-8-2-1-7(10(5-8)11(18)19)6-20-12-14-15-16-17(12)9-3-4-9/h1-2,5,9H,3-4,6H2,(H,18,19). The molecule has 1 heterocycles. The van der Waals surface area contributed by atoms with Crippen LogP contribution >= 0.6 is 11.8 Å². The van der Waals surface area contributed by atoms with Crippen LogP contribution in [-0.2, 0) is 5.75 Å². The van der Waals surface area contributed by atoms with Crippen LogP contribution in [0.2, 0.25) is 0 Å². The predicted molar refractivity (Wildman–Crippen MR) is 69.0 cm³/mol.